The van der Waals surface area contributed by atoms with Crippen LogP contribution in [-0.4, -0.2) is 60.4 Å². The van der Waals surface area contributed by atoms with Crippen LogP contribution in [-0.2, 0) is 9.47 Å². The van der Waals surface area contributed by atoms with Gasteiger partial charge in [-0.25, -0.2) is 4.98 Å². The lowest BCUT2D eigenvalue weighted by molar-refractivity contribution is -0.0573. The second kappa shape index (κ2) is 13.5. The van der Waals surface area contributed by atoms with E-state index in [0.717, 1.165) is 4.91 Å². The number of aliphatic hydroxyl groups excluding tert-OH is 1. The van der Waals surface area contributed by atoms with E-state index in [2.05, 4.69) is 15.3 Å². The van der Waals surface area contributed by atoms with Gasteiger partial charge in [-0.3, -0.25) is 4.99 Å². The summed E-state index contributed by atoms with van der Waals surface area (Å²) in [5.74, 6) is -0.625. The zero-order chi connectivity index (χ0) is 22.6. The molecular weight excluding hydrogens is 445 g/mol. The molecule has 8 nitrogen and oxygen atoms in total. The number of aliphatic hydroxyl groups is 1. The fourth-order valence-electron chi connectivity index (χ4n) is 2.45. The minimum Gasteiger partial charge on any atom is -0.404 e. The molecule has 0 saturated carbocycles. The maximum Gasteiger partial charge on any atom is 0.213 e. The zero-order valence-electron chi connectivity index (χ0n) is 17.1. The van der Waals surface area contributed by atoms with E-state index in [9.17, 15) is 9.50 Å². The molecule has 1 aliphatic rings. The van der Waals surface area contributed by atoms with Gasteiger partial charge in [0.1, 0.15) is 17.8 Å². The summed E-state index contributed by atoms with van der Waals surface area (Å²) in [7, 11) is 0. The number of thioether (sulfide) groups is 1. The summed E-state index contributed by atoms with van der Waals surface area (Å²) < 4.78 is 24.4. The van der Waals surface area contributed by atoms with Crippen molar-refractivity contribution < 1.29 is 19.0 Å². The summed E-state index contributed by atoms with van der Waals surface area (Å²) >= 11 is 7.33. The van der Waals surface area contributed by atoms with Crippen molar-refractivity contribution >= 4 is 35.2 Å². The van der Waals surface area contributed by atoms with Crippen LogP contribution in [0.25, 0.3) is 5.57 Å². The number of hydrogen-bond donors (Lipinski definition) is 4. The molecule has 0 aromatic carbocycles. The van der Waals surface area contributed by atoms with Gasteiger partial charge in [-0.15, -0.1) is 0 Å². The molecule has 2 rings (SSSR count). The lowest BCUT2D eigenvalue weighted by Gasteiger charge is -2.26. The molecule has 2 heterocycles. The molecule has 2 unspecified atom stereocenters. The van der Waals surface area contributed by atoms with E-state index in [1.165, 1.54) is 36.3 Å². The van der Waals surface area contributed by atoms with Crippen LogP contribution < -0.4 is 16.8 Å². The molecule has 0 radical (unpaired) electrons. The predicted molar refractivity (Wildman–Crippen MR) is 123 cm³/mol. The number of hydrogen-bond acceptors (Lipinski definition) is 9. The number of allylic oxidation sites excluding steroid dienone is 2. The van der Waals surface area contributed by atoms with Crippen LogP contribution in [0.15, 0.2) is 51.6 Å². The molecule has 0 amide bonds. The quantitative estimate of drug-likeness (QED) is 0.207. The molecule has 0 saturated heterocycles. The zero-order valence-corrected chi connectivity index (χ0v) is 18.7. The van der Waals surface area contributed by atoms with Gasteiger partial charge in [-0.05, 0) is 25.1 Å². The highest BCUT2D eigenvalue weighted by atomic mass is 35.5. The Morgan fingerprint density at radius 2 is 2.32 bits per heavy atom. The summed E-state index contributed by atoms with van der Waals surface area (Å²) in [5.41, 5.74) is 11.6. The molecule has 0 aliphatic carbocycles. The minimum absolute atomic E-state index is 0.0101. The summed E-state index contributed by atoms with van der Waals surface area (Å²) in [6.07, 6.45) is 4.51. The maximum atomic E-state index is 13.4. The van der Waals surface area contributed by atoms with Crippen molar-refractivity contribution in [1.82, 2.24) is 10.3 Å². The first kappa shape index (κ1) is 25.3. The number of dihydropyridines is 1. The number of pyridine rings is 1. The number of aliphatic imine (C=N–C) groups is 1. The van der Waals surface area contributed by atoms with Crippen molar-refractivity contribution in [1.29, 1.82) is 0 Å². The maximum absolute atomic E-state index is 13.4. The summed E-state index contributed by atoms with van der Waals surface area (Å²) in [6.45, 7) is 3.06. The van der Waals surface area contributed by atoms with Gasteiger partial charge in [0.2, 0.25) is 5.95 Å². The van der Waals surface area contributed by atoms with Crippen molar-refractivity contribution in [2.45, 2.75) is 24.7 Å². The van der Waals surface area contributed by atoms with Gasteiger partial charge in [0, 0.05) is 40.7 Å². The first-order valence-electron chi connectivity index (χ1n) is 9.60. The lowest BCUT2D eigenvalue weighted by Crippen LogP contribution is -2.39. The number of halogens is 2. The number of nitrogens with two attached hydrogens (primary N) is 2. The highest BCUT2D eigenvalue weighted by Crippen LogP contribution is 2.29. The second-order valence-electron chi connectivity index (χ2n) is 6.37. The van der Waals surface area contributed by atoms with E-state index in [4.69, 9.17) is 32.5 Å². The van der Waals surface area contributed by atoms with Gasteiger partial charge in [0.05, 0.1) is 25.4 Å². The molecule has 1 aromatic heterocycles. The molecule has 11 heteroatoms. The minimum atomic E-state index is -1.01. The van der Waals surface area contributed by atoms with E-state index in [0.29, 0.717) is 29.5 Å². The fourth-order valence-corrected chi connectivity index (χ4v) is 3.78. The van der Waals surface area contributed by atoms with E-state index in [1.807, 2.05) is 6.92 Å². The van der Waals surface area contributed by atoms with Crippen molar-refractivity contribution in [2.75, 3.05) is 26.3 Å². The first-order valence-corrected chi connectivity index (χ1v) is 10.9. The fraction of sp³-hybridized carbons (Fsp3) is 0.400. The number of rotatable bonds is 12. The highest BCUT2D eigenvalue weighted by molar-refractivity contribution is 8.03. The molecule has 0 fully saturated rings. The summed E-state index contributed by atoms with van der Waals surface area (Å²) in [5, 5.41) is 14.4. The molecule has 3 atom stereocenters. The Hall–Kier alpha value is -1.95. The average Bonchev–Trinajstić information content (AvgIpc) is 2.74. The standard InChI is InChI=1S/C20H27ClFN5O3S/c1-2-29-12-19(24)30-20(31-15-6-14(21)9-26-10-15)17(28)11-25-8-13(7-23)16-4-3-5-18(22)27-16/h3-8,10,17,19-20,26,28H,2,9,11-12,23-24H2,1H3/t17-,19?,20?/m0/s1. The number of nitrogens with one attached hydrogen (secondary N) is 1. The van der Waals surface area contributed by atoms with Crippen LogP contribution in [0.2, 0.25) is 0 Å². The van der Waals surface area contributed by atoms with Gasteiger partial charge in [-0.2, -0.15) is 4.39 Å². The molecule has 0 bridgehead atoms. The Bertz CT molecular complexity index is 837. The molecule has 1 aliphatic heterocycles. The Morgan fingerprint density at radius 1 is 1.52 bits per heavy atom. The highest BCUT2D eigenvalue weighted by Gasteiger charge is 2.25. The van der Waals surface area contributed by atoms with Gasteiger partial charge in [-0.1, -0.05) is 29.4 Å². The van der Waals surface area contributed by atoms with Crippen LogP contribution in [0.1, 0.15) is 12.6 Å². The van der Waals surface area contributed by atoms with Crippen LogP contribution >= 0.6 is 23.4 Å². The summed E-state index contributed by atoms with van der Waals surface area (Å²) in [4.78, 5) is 8.76. The Labute approximate surface area is 190 Å². The molecule has 170 valence electrons. The molecule has 0 spiro atoms. The van der Waals surface area contributed by atoms with Crippen LogP contribution in [0.4, 0.5) is 4.39 Å². The average molecular weight is 472 g/mol. The number of aromatic nitrogens is 1. The first-order chi connectivity index (χ1) is 14.9. The van der Waals surface area contributed by atoms with E-state index < -0.39 is 23.7 Å². The van der Waals surface area contributed by atoms with Crippen molar-refractivity contribution in [3.05, 3.63) is 58.3 Å². The third kappa shape index (κ3) is 8.98. The van der Waals surface area contributed by atoms with Gasteiger partial charge in [0.25, 0.3) is 0 Å². The second-order valence-corrected chi connectivity index (χ2v) is 8.03. The molecular formula is C20H27ClFN5O3S. The third-order valence-electron chi connectivity index (χ3n) is 3.89. The monoisotopic (exact) mass is 471 g/mol. The topological polar surface area (TPSA) is 128 Å². The normalized spacial score (nSPS) is 17.6. The number of ether oxygens (including phenoxy) is 2. The van der Waals surface area contributed by atoms with Crippen LogP contribution in [0, 0.1) is 5.95 Å². The van der Waals surface area contributed by atoms with Crippen molar-refractivity contribution in [3.8, 4) is 0 Å². The van der Waals surface area contributed by atoms with E-state index >= 15 is 0 Å². The van der Waals surface area contributed by atoms with Gasteiger partial charge < -0.3 is 31.4 Å². The van der Waals surface area contributed by atoms with Crippen LogP contribution in [0.3, 0.4) is 0 Å². The smallest absolute Gasteiger partial charge is 0.213 e. The molecule has 1 aromatic rings. The van der Waals surface area contributed by atoms with Gasteiger partial charge in [0.15, 0.2) is 0 Å². The Morgan fingerprint density at radius 3 is 3.00 bits per heavy atom. The molecule has 6 N–H and O–H groups in total. The van der Waals surface area contributed by atoms with Crippen LogP contribution in [0.5, 0.6) is 0 Å². The largest absolute Gasteiger partial charge is 0.404 e. The Kier molecular flexibility index (Phi) is 11.0. The van der Waals surface area contributed by atoms with E-state index in [-0.39, 0.29) is 13.2 Å². The Balaban J connectivity index is 2.05. The lowest BCUT2D eigenvalue weighted by atomic mass is 10.2. The van der Waals surface area contributed by atoms with Crippen molar-refractivity contribution in [2.24, 2.45) is 16.5 Å². The van der Waals surface area contributed by atoms with E-state index in [1.54, 1.807) is 18.3 Å². The third-order valence-corrected chi connectivity index (χ3v) is 5.30. The number of nitrogens with zero attached hydrogens (tertiary/aromatic N) is 2. The SMILES string of the molecule is CCOCC(N)OC(SC1=CNCC(Cl)=C1)[C@@H](O)CN=CC(=CN)c1cccc(F)n1. The predicted octanol–water partition coefficient (Wildman–Crippen LogP) is 1.92. The van der Waals surface area contributed by atoms with Gasteiger partial charge >= 0.3 is 0 Å². The molecule has 31 heavy (non-hydrogen) atoms. The summed E-state index contributed by atoms with van der Waals surface area (Å²) in [6, 6.07) is 4.37. The van der Waals surface area contributed by atoms with Crippen molar-refractivity contribution in [3.63, 3.8) is 0 Å².